The van der Waals surface area contributed by atoms with Crippen LogP contribution in [-0.4, -0.2) is 9.55 Å². The lowest BCUT2D eigenvalue weighted by Crippen LogP contribution is -1.94. The van der Waals surface area contributed by atoms with Gasteiger partial charge in [-0.15, -0.1) is 11.3 Å². The van der Waals surface area contributed by atoms with E-state index in [1.165, 1.54) is 15.3 Å². The number of para-hydroxylation sites is 2. The number of hydrogen-bond acceptors (Lipinski definition) is 2. The first kappa shape index (κ1) is 10.5. The summed E-state index contributed by atoms with van der Waals surface area (Å²) in [4.78, 5) is 7.25. The van der Waals surface area contributed by atoms with Crippen LogP contribution in [0.2, 0.25) is 0 Å². The van der Waals surface area contributed by atoms with Crippen molar-refractivity contribution in [3.8, 4) is 0 Å². The molecule has 0 aliphatic heterocycles. The quantitative estimate of drug-likeness (QED) is 0.684. The smallest absolute Gasteiger partial charge is 0.0961 e. The third kappa shape index (κ3) is 1.98. The van der Waals surface area contributed by atoms with E-state index in [0.29, 0.717) is 0 Å². The van der Waals surface area contributed by atoms with Crippen molar-refractivity contribution < 1.29 is 0 Å². The Kier molecular flexibility index (Phi) is 2.69. The van der Waals surface area contributed by atoms with E-state index >= 15 is 0 Å². The summed E-state index contributed by atoms with van der Waals surface area (Å²) in [5.74, 6) is 0. The average Bonchev–Trinajstić information content (AvgIpc) is 2.97. The molecule has 0 amide bonds. The minimum atomic E-state index is 0.922. The van der Waals surface area contributed by atoms with Crippen molar-refractivity contribution in [2.45, 2.75) is 19.9 Å². The minimum Gasteiger partial charge on any atom is -0.325 e. The van der Waals surface area contributed by atoms with Crippen LogP contribution < -0.4 is 0 Å². The summed E-state index contributed by atoms with van der Waals surface area (Å²) in [5, 5.41) is 0. The Labute approximate surface area is 105 Å². The first-order valence-electron chi connectivity index (χ1n) is 5.84. The number of aromatic nitrogens is 2. The molecule has 3 rings (SSSR count). The zero-order valence-corrected chi connectivity index (χ0v) is 10.6. The molecule has 0 aliphatic rings. The highest BCUT2D eigenvalue weighted by Crippen LogP contribution is 2.20. The molecule has 0 unspecified atom stereocenters. The highest BCUT2D eigenvalue weighted by Gasteiger charge is 2.04. The number of imidazole rings is 1. The molecule has 0 fully saturated rings. The van der Waals surface area contributed by atoms with Crippen LogP contribution in [0.4, 0.5) is 0 Å². The molecule has 3 heteroatoms. The zero-order chi connectivity index (χ0) is 11.7. The van der Waals surface area contributed by atoms with Gasteiger partial charge in [0.2, 0.25) is 0 Å². The van der Waals surface area contributed by atoms with Crippen LogP contribution in [-0.2, 0) is 13.0 Å². The molecule has 17 heavy (non-hydrogen) atoms. The SMILES string of the molecule is CCc1ccc(Cn2cnc3ccccc32)s1. The maximum atomic E-state index is 4.41. The summed E-state index contributed by atoms with van der Waals surface area (Å²) in [6.07, 6.45) is 3.05. The predicted octanol–water partition coefficient (Wildman–Crippen LogP) is 3.71. The number of rotatable bonds is 3. The van der Waals surface area contributed by atoms with E-state index in [9.17, 15) is 0 Å². The summed E-state index contributed by atoms with van der Waals surface area (Å²) >= 11 is 1.89. The van der Waals surface area contributed by atoms with Gasteiger partial charge in [-0.25, -0.2) is 4.98 Å². The van der Waals surface area contributed by atoms with Gasteiger partial charge in [-0.1, -0.05) is 19.1 Å². The van der Waals surface area contributed by atoms with Crippen molar-refractivity contribution in [3.05, 3.63) is 52.5 Å². The van der Waals surface area contributed by atoms with Crippen LogP contribution in [0.1, 0.15) is 16.7 Å². The summed E-state index contributed by atoms with van der Waals surface area (Å²) in [6.45, 7) is 3.12. The van der Waals surface area contributed by atoms with E-state index in [1.54, 1.807) is 0 Å². The third-order valence-corrected chi connectivity index (χ3v) is 4.13. The van der Waals surface area contributed by atoms with Gasteiger partial charge in [0.1, 0.15) is 0 Å². The molecule has 0 spiro atoms. The second-order valence-electron chi connectivity index (χ2n) is 4.08. The highest BCUT2D eigenvalue weighted by atomic mass is 32.1. The summed E-state index contributed by atoms with van der Waals surface area (Å²) in [7, 11) is 0. The Hall–Kier alpha value is -1.61. The monoisotopic (exact) mass is 242 g/mol. The second-order valence-corrected chi connectivity index (χ2v) is 5.34. The predicted molar refractivity (Wildman–Crippen MR) is 72.5 cm³/mol. The number of aryl methyl sites for hydroxylation is 1. The van der Waals surface area contributed by atoms with Crippen LogP contribution in [0.5, 0.6) is 0 Å². The largest absolute Gasteiger partial charge is 0.325 e. The second kappa shape index (κ2) is 4.34. The lowest BCUT2D eigenvalue weighted by Gasteiger charge is -2.01. The van der Waals surface area contributed by atoms with Crippen LogP contribution in [0, 0.1) is 0 Å². The normalized spacial score (nSPS) is 11.1. The maximum absolute atomic E-state index is 4.41. The van der Waals surface area contributed by atoms with Gasteiger partial charge in [0, 0.05) is 9.75 Å². The van der Waals surface area contributed by atoms with E-state index < -0.39 is 0 Å². The molecule has 86 valence electrons. The third-order valence-electron chi connectivity index (χ3n) is 2.92. The van der Waals surface area contributed by atoms with Gasteiger partial charge >= 0.3 is 0 Å². The van der Waals surface area contributed by atoms with E-state index in [-0.39, 0.29) is 0 Å². The standard InChI is InChI=1S/C14H14N2S/c1-2-11-7-8-12(17-11)9-16-10-15-13-5-3-4-6-14(13)16/h3-8,10H,2,9H2,1H3. The topological polar surface area (TPSA) is 17.8 Å². The van der Waals surface area contributed by atoms with E-state index in [2.05, 4.69) is 46.8 Å². The number of thiophene rings is 1. The van der Waals surface area contributed by atoms with Crippen LogP contribution in [0.15, 0.2) is 42.7 Å². The Balaban J connectivity index is 1.94. The summed E-state index contributed by atoms with van der Waals surface area (Å²) in [6, 6.07) is 12.7. The Morgan fingerprint density at radius 3 is 2.76 bits per heavy atom. The maximum Gasteiger partial charge on any atom is 0.0961 e. The van der Waals surface area contributed by atoms with Crippen molar-refractivity contribution in [2.24, 2.45) is 0 Å². The first-order valence-corrected chi connectivity index (χ1v) is 6.66. The molecule has 2 heterocycles. The van der Waals surface area contributed by atoms with E-state index in [0.717, 1.165) is 18.5 Å². The van der Waals surface area contributed by atoms with Crippen molar-refractivity contribution in [3.63, 3.8) is 0 Å². The molecule has 0 saturated heterocycles. The number of benzene rings is 1. The van der Waals surface area contributed by atoms with E-state index in [4.69, 9.17) is 0 Å². The average molecular weight is 242 g/mol. The summed E-state index contributed by atoms with van der Waals surface area (Å²) < 4.78 is 2.21. The Morgan fingerprint density at radius 1 is 1.12 bits per heavy atom. The number of nitrogens with zero attached hydrogens (tertiary/aromatic N) is 2. The van der Waals surface area contributed by atoms with Gasteiger partial charge in [0.15, 0.2) is 0 Å². The van der Waals surface area contributed by atoms with Crippen molar-refractivity contribution in [2.75, 3.05) is 0 Å². The molecule has 2 aromatic heterocycles. The van der Waals surface area contributed by atoms with E-state index in [1.807, 2.05) is 23.7 Å². The lowest BCUT2D eigenvalue weighted by molar-refractivity contribution is 0.838. The fourth-order valence-corrected chi connectivity index (χ4v) is 2.96. The molecule has 3 aromatic rings. The first-order chi connectivity index (χ1) is 8.36. The molecular weight excluding hydrogens is 228 g/mol. The molecule has 0 radical (unpaired) electrons. The molecule has 0 aliphatic carbocycles. The van der Waals surface area contributed by atoms with Crippen LogP contribution in [0.3, 0.4) is 0 Å². The Morgan fingerprint density at radius 2 is 1.94 bits per heavy atom. The van der Waals surface area contributed by atoms with Gasteiger partial charge in [-0.3, -0.25) is 0 Å². The van der Waals surface area contributed by atoms with Gasteiger partial charge in [-0.05, 0) is 30.7 Å². The zero-order valence-electron chi connectivity index (χ0n) is 9.76. The van der Waals surface area contributed by atoms with Crippen molar-refractivity contribution >= 4 is 22.4 Å². The van der Waals surface area contributed by atoms with Gasteiger partial charge in [0.25, 0.3) is 0 Å². The fraction of sp³-hybridized carbons (Fsp3) is 0.214. The number of hydrogen-bond donors (Lipinski definition) is 0. The molecular formula is C14H14N2S. The molecule has 2 nitrogen and oxygen atoms in total. The van der Waals surface area contributed by atoms with Gasteiger partial charge in [-0.2, -0.15) is 0 Å². The van der Waals surface area contributed by atoms with Crippen LogP contribution >= 0.6 is 11.3 Å². The highest BCUT2D eigenvalue weighted by molar-refractivity contribution is 7.11. The molecule has 0 bridgehead atoms. The van der Waals surface area contributed by atoms with Gasteiger partial charge < -0.3 is 4.57 Å². The van der Waals surface area contributed by atoms with Crippen molar-refractivity contribution in [1.29, 1.82) is 0 Å². The molecule has 1 aromatic carbocycles. The minimum absolute atomic E-state index is 0.922. The van der Waals surface area contributed by atoms with Crippen molar-refractivity contribution in [1.82, 2.24) is 9.55 Å². The lowest BCUT2D eigenvalue weighted by atomic mass is 10.3. The molecule has 0 saturated carbocycles. The molecule has 0 atom stereocenters. The Bertz CT molecular complexity index is 636. The number of fused-ring (bicyclic) bond motifs is 1. The van der Waals surface area contributed by atoms with Gasteiger partial charge in [0.05, 0.1) is 23.9 Å². The van der Waals surface area contributed by atoms with Crippen LogP contribution in [0.25, 0.3) is 11.0 Å². The molecule has 0 N–H and O–H groups in total. The summed E-state index contributed by atoms with van der Waals surface area (Å²) in [5.41, 5.74) is 2.28. The fourth-order valence-electron chi connectivity index (χ4n) is 2.00.